The molecule has 2 aliphatic heterocycles. The van der Waals surface area contributed by atoms with Gasteiger partial charge in [0.25, 0.3) is 0 Å². The summed E-state index contributed by atoms with van der Waals surface area (Å²) < 4.78 is 0. The van der Waals surface area contributed by atoms with Crippen LogP contribution in [0, 0.1) is 17.2 Å². The molecule has 2 fully saturated rings. The van der Waals surface area contributed by atoms with Crippen molar-refractivity contribution in [3.8, 4) is 6.07 Å². The molecule has 7 heteroatoms. The smallest absolute Gasteiger partial charge is 0.229 e. The van der Waals surface area contributed by atoms with Crippen LogP contribution >= 0.6 is 0 Å². The second kappa shape index (κ2) is 9.31. The number of rotatable bonds is 6. The molecule has 2 N–H and O–H groups in total. The van der Waals surface area contributed by atoms with Crippen LogP contribution in [-0.4, -0.2) is 54.6 Å². The summed E-state index contributed by atoms with van der Waals surface area (Å²) in [5.41, 5.74) is 2.26. The standard InChI is InChI=1S/C23H31N7/c1-29(2)21-16-26-23(27-19-10-4-3-8-17(19)14-24)28-22(21)25-15-18-9-7-13-30-12-6-5-11-20(18)30/h3-4,8,10,16,18,20H,5-7,9,11-13,15H2,1-2H3,(H2,25,26,27,28)/t18-,20+/m0/s1. The summed E-state index contributed by atoms with van der Waals surface area (Å²) in [4.78, 5) is 13.9. The average molecular weight is 406 g/mol. The third-order valence-electron chi connectivity index (χ3n) is 6.31. The van der Waals surface area contributed by atoms with Gasteiger partial charge in [-0.25, -0.2) is 4.98 Å². The Labute approximate surface area is 179 Å². The number of nitrogens with one attached hydrogen (secondary N) is 2. The number of anilines is 4. The van der Waals surface area contributed by atoms with Crippen molar-refractivity contribution >= 4 is 23.1 Å². The van der Waals surface area contributed by atoms with Crippen molar-refractivity contribution in [3.05, 3.63) is 36.0 Å². The van der Waals surface area contributed by atoms with E-state index in [1.807, 2.05) is 43.4 Å². The van der Waals surface area contributed by atoms with Crippen molar-refractivity contribution in [2.24, 2.45) is 5.92 Å². The van der Waals surface area contributed by atoms with Gasteiger partial charge in [0, 0.05) is 26.7 Å². The van der Waals surface area contributed by atoms with E-state index in [-0.39, 0.29) is 0 Å². The lowest BCUT2D eigenvalue weighted by atomic mass is 9.83. The molecule has 3 heterocycles. The number of fused-ring (bicyclic) bond motifs is 1. The van der Waals surface area contributed by atoms with Crippen LogP contribution < -0.4 is 15.5 Å². The third-order valence-corrected chi connectivity index (χ3v) is 6.31. The lowest BCUT2D eigenvalue weighted by Crippen LogP contribution is -2.49. The molecule has 0 aliphatic carbocycles. The molecule has 0 radical (unpaired) electrons. The van der Waals surface area contributed by atoms with Crippen LogP contribution in [-0.2, 0) is 0 Å². The van der Waals surface area contributed by atoms with E-state index in [1.54, 1.807) is 6.07 Å². The van der Waals surface area contributed by atoms with Gasteiger partial charge in [-0.3, -0.25) is 0 Å². The van der Waals surface area contributed by atoms with Crippen LogP contribution in [0.3, 0.4) is 0 Å². The summed E-state index contributed by atoms with van der Waals surface area (Å²) in [6, 6.07) is 10.3. The van der Waals surface area contributed by atoms with Gasteiger partial charge in [-0.2, -0.15) is 10.2 Å². The Morgan fingerprint density at radius 3 is 2.83 bits per heavy atom. The van der Waals surface area contributed by atoms with E-state index in [9.17, 15) is 5.26 Å². The van der Waals surface area contributed by atoms with Crippen LogP contribution in [0.25, 0.3) is 0 Å². The van der Waals surface area contributed by atoms with Crippen LogP contribution in [0.15, 0.2) is 30.5 Å². The van der Waals surface area contributed by atoms with E-state index in [0.717, 1.165) is 18.1 Å². The first-order valence-corrected chi connectivity index (χ1v) is 10.9. The zero-order valence-electron chi connectivity index (χ0n) is 17.9. The predicted octanol–water partition coefficient (Wildman–Crippen LogP) is 3.83. The van der Waals surface area contributed by atoms with Gasteiger partial charge in [-0.15, -0.1) is 0 Å². The molecule has 0 amide bonds. The molecule has 30 heavy (non-hydrogen) atoms. The summed E-state index contributed by atoms with van der Waals surface area (Å²) in [7, 11) is 4.01. The maximum Gasteiger partial charge on any atom is 0.229 e. The third kappa shape index (κ3) is 4.49. The summed E-state index contributed by atoms with van der Waals surface area (Å²) in [6.07, 6.45) is 8.39. The molecule has 0 saturated carbocycles. The van der Waals surface area contributed by atoms with Gasteiger partial charge in [-0.1, -0.05) is 18.6 Å². The topological polar surface area (TPSA) is 80.1 Å². The van der Waals surface area contributed by atoms with E-state index in [0.29, 0.717) is 29.2 Å². The number of nitriles is 1. The lowest BCUT2D eigenvalue weighted by molar-refractivity contribution is 0.0649. The first kappa shape index (κ1) is 20.4. The summed E-state index contributed by atoms with van der Waals surface area (Å²) in [5, 5.41) is 16.2. The van der Waals surface area contributed by atoms with Crippen LogP contribution in [0.4, 0.5) is 23.1 Å². The van der Waals surface area contributed by atoms with Gasteiger partial charge in [0.15, 0.2) is 5.82 Å². The highest BCUT2D eigenvalue weighted by Gasteiger charge is 2.32. The average Bonchev–Trinajstić information content (AvgIpc) is 2.78. The van der Waals surface area contributed by atoms with E-state index >= 15 is 0 Å². The fourth-order valence-electron chi connectivity index (χ4n) is 4.75. The Morgan fingerprint density at radius 2 is 2.00 bits per heavy atom. The number of para-hydroxylation sites is 1. The SMILES string of the molecule is CN(C)c1cnc(Nc2ccccc2C#N)nc1NC[C@@H]1CCCN2CCCC[C@H]12. The van der Waals surface area contributed by atoms with Gasteiger partial charge >= 0.3 is 0 Å². The highest BCUT2D eigenvalue weighted by Crippen LogP contribution is 2.32. The van der Waals surface area contributed by atoms with E-state index in [4.69, 9.17) is 4.98 Å². The molecule has 0 bridgehead atoms. The number of benzene rings is 1. The van der Waals surface area contributed by atoms with Gasteiger partial charge < -0.3 is 20.4 Å². The Kier molecular flexibility index (Phi) is 6.34. The van der Waals surface area contributed by atoms with Crippen molar-refractivity contribution in [1.82, 2.24) is 14.9 Å². The van der Waals surface area contributed by atoms with Gasteiger partial charge in [0.1, 0.15) is 6.07 Å². The molecule has 158 valence electrons. The quantitative estimate of drug-likeness (QED) is 0.756. The fourth-order valence-corrected chi connectivity index (χ4v) is 4.75. The molecule has 4 rings (SSSR count). The molecule has 2 aromatic rings. The number of nitrogens with zero attached hydrogens (tertiary/aromatic N) is 5. The zero-order chi connectivity index (χ0) is 20.9. The summed E-state index contributed by atoms with van der Waals surface area (Å²) in [6.45, 7) is 3.43. The molecule has 2 atom stereocenters. The first-order chi connectivity index (χ1) is 14.7. The van der Waals surface area contributed by atoms with E-state index < -0.39 is 0 Å². The number of hydrogen-bond donors (Lipinski definition) is 2. The minimum Gasteiger partial charge on any atom is -0.373 e. The highest BCUT2D eigenvalue weighted by atomic mass is 15.2. The summed E-state index contributed by atoms with van der Waals surface area (Å²) >= 11 is 0. The maximum absolute atomic E-state index is 9.34. The molecular weight excluding hydrogens is 374 g/mol. The summed E-state index contributed by atoms with van der Waals surface area (Å²) in [5.74, 6) is 1.98. The molecule has 1 aromatic carbocycles. The highest BCUT2D eigenvalue weighted by molar-refractivity contribution is 5.68. The van der Waals surface area contributed by atoms with Gasteiger partial charge in [0.2, 0.25) is 5.95 Å². The molecule has 1 aromatic heterocycles. The number of aromatic nitrogens is 2. The zero-order valence-corrected chi connectivity index (χ0v) is 17.9. The second-order valence-corrected chi connectivity index (χ2v) is 8.49. The fraction of sp³-hybridized carbons (Fsp3) is 0.522. The van der Waals surface area contributed by atoms with Gasteiger partial charge in [-0.05, 0) is 56.8 Å². The largest absolute Gasteiger partial charge is 0.373 e. The predicted molar refractivity (Wildman–Crippen MR) is 121 cm³/mol. The Hall–Kier alpha value is -2.85. The Bertz CT molecular complexity index is 903. The minimum atomic E-state index is 0.494. The van der Waals surface area contributed by atoms with Crippen molar-refractivity contribution in [2.75, 3.05) is 49.3 Å². The lowest BCUT2D eigenvalue weighted by Gasteiger charge is -2.44. The number of hydrogen-bond acceptors (Lipinski definition) is 7. The number of piperidine rings is 2. The van der Waals surface area contributed by atoms with E-state index in [1.165, 1.54) is 45.2 Å². The molecular formula is C23H31N7. The normalized spacial score (nSPS) is 21.4. The van der Waals surface area contributed by atoms with Gasteiger partial charge in [0.05, 0.1) is 23.1 Å². The second-order valence-electron chi connectivity index (χ2n) is 8.49. The molecule has 2 aliphatic rings. The Morgan fingerprint density at radius 1 is 1.17 bits per heavy atom. The first-order valence-electron chi connectivity index (χ1n) is 10.9. The van der Waals surface area contributed by atoms with Crippen molar-refractivity contribution in [2.45, 2.75) is 38.1 Å². The molecule has 0 unspecified atom stereocenters. The van der Waals surface area contributed by atoms with Crippen LogP contribution in [0.5, 0.6) is 0 Å². The van der Waals surface area contributed by atoms with Crippen LogP contribution in [0.2, 0.25) is 0 Å². The van der Waals surface area contributed by atoms with Crippen molar-refractivity contribution < 1.29 is 0 Å². The maximum atomic E-state index is 9.34. The molecule has 2 saturated heterocycles. The molecule has 0 spiro atoms. The van der Waals surface area contributed by atoms with Crippen molar-refractivity contribution in [3.63, 3.8) is 0 Å². The van der Waals surface area contributed by atoms with Crippen molar-refractivity contribution in [1.29, 1.82) is 5.26 Å². The van der Waals surface area contributed by atoms with Crippen LogP contribution in [0.1, 0.15) is 37.7 Å². The Balaban J connectivity index is 1.51. The van der Waals surface area contributed by atoms with E-state index in [2.05, 4.69) is 26.6 Å². The minimum absolute atomic E-state index is 0.494. The monoisotopic (exact) mass is 405 g/mol. The molecule has 7 nitrogen and oxygen atoms in total.